The fraction of sp³-hybridized carbons (Fsp3) is 0.379. The predicted octanol–water partition coefficient (Wildman–Crippen LogP) is 6.61. The van der Waals surface area contributed by atoms with Gasteiger partial charge in [0.2, 0.25) is 0 Å². The minimum Gasteiger partial charge on any atom is -0.493 e. The summed E-state index contributed by atoms with van der Waals surface area (Å²) >= 11 is 3.63. The normalized spacial score (nSPS) is 15.2. The minimum atomic E-state index is -0.795. The molecule has 1 atom stereocenters. The molecule has 0 spiro atoms. The summed E-state index contributed by atoms with van der Waals surface area (Å²) in [4.78, 5) is 24.7. The van der Waals surface area contributed by atoms with Gasteiger partial charge in [-0.2, -0.15) is 0 Å². The molecule has 3 aromatic carbocycles. The summed E-state index contributed by atoms with van der Waals surface area (Å²) in [6.07, 6.45) is 1.10. The van der Waals surface area contributed by atoms with E-state index in [9.17, 15) is 9.59 Å². The Morgan fingerprint density at radius 1 is 1.11 bits per heavy atom. The van der Waals surface area contributed by atoms with Crippen molar-refractivity contribution in [3.8, 4) is 5.75 Å². The summed E-state index contributed by atoms with van der Waals surface area (Å²) in [5, 5.41) is 5.61. The van der Waals surface area contributed by atoms with Gasteiger partial charge in [0, 0.05) is 16.5 Å². The van der Waals surface area contributed by atoms with E-state index < -0.39 is 6.09 Å². The highest BCUT2D eigenvalue weighted by Gasteiger charge is 2.47. The van der Waals surface area contributed by atoms with Crippen LogP contribution in [0, 0.1) is 12.3 Å². The fourth-order valence-corrected chi connectivity index (χ4v) is 5.05. The third-order valence-corrected chi connectivity index (χ3v) is 7.23. The second-order valence-corrected chi connectivity index (χ2v) is 11.5. The van der Waals surface area contributed by atoms with Gasteiger partial charge in [0.25, 0.3) is 5.91 Å². The second kappa shape index (κ2) is 10.1. The molecule has 0 aromatic heterocycles. The van der Waals surface area contributed by atoms with E-state index >= 15 is 0 Å². The highest BCUT2D eigenvalue weighted by atomic mass is 79.9. The van der Waals surface area contributed by atoms with E-state index in [-0.39, 0.29) is 23.0 Å². The molecule has 0 saturated heterocycles. The number of rotatable bonds is 8. The number of ether oxygens (including phenoxy) is 2. The van der Waals surface area contributed by atoms with Gasteiger partial charge in [-0.25, -0.2) is 4.79 Å². The number of carbonyl (C=O) groups is 2. The Bertz CT molecular complexity index is 1290. The lowest BCUT2D eigenvalue weighted by Crippen LogP contribution is -2.35. The van der Waals surface area contributed by atoms with E-state index in [0.29, 0.717) is 24.3 Å². The van der Waals surface area contributed by atoms with Crippen molar-refractivity contribution in [2.75, 3.05) is 6.61 Å². The van der Waals surface area contributed by atoms with Crippen LogP contribution in [0.1, 0.15) is 61.5 Å². The summed E-state index contributed by atoms with van der Waals surface area (Å²) in [7, 11) is 0. The van der Waals surface area contributed by atoms with Crippen molar-refractivity contribution in [3.63, 3.8) is 0 Å². The molecule has 1 fully saturated rings. The first kappa shape index (κ1) is 26.0. The standard InChI is InChI=1S/C29H33BrN2O4/c1-18-9-10-21(35-14-11-25(28(2,3)4)36-27(31)34)17-23(18)26(33)32-29(12-13-29)24-16-20(30)15-19-7-5-6-8-22(19)24/h5-10,15-17,25H,11-14H2,1-4H3,(H2,31,34)(H,32,33). The second-order valence-electron chi connectivity index (χ2n) is 10.6. The summed E-state index contributed by atoms with van der Waals surface area (Å²) in [5.74, 6) is 0.472. The van der Waals surface area contributed by atoms with Gasteiger partial charge >= 0.3 is 6.09 Å². The van der Waals surface area contributed by atoms with Gasteiger partial charge in [-0.05, 0) is 71.3 Å². The first-order chi connectivity index (χ1) is 17.0. The number of benzene rings is 3. The van der Waals surface area contributed by atoms with Crippen LogP contribution in [-0.4, -0.2) is 24.7 Å². The minimum absolute atomic E-state index is 0.121. The van der Waals surface area contributed by atoms with Gasteiger partial charge in [-0.1, -0.05) is 67.0 Å². The molecule has 2 amide bonds. The molecule has 0 heterocycles. The molecule has 0 bridgehead atoms. The number of hydrogen-bond donors (Lipinski definition) is 2. The van der Waals surface area contributed by atoms with Crippen LogP contribution < -0.4 is 15.8 Å². The van der Waals surface area contributed by atoms with E-state index in [1.54, 1.807) is 6.07 Å². The van der Waals surface area contributed by atoms with Gasteiger partial charge in [0.15, 0.2) is 0 Å². The van der Waals surface area contributed by atoms with Crippen molar-refractivity contribution in [3.05, 3.63) is 75.8 Å². The van der Waals surface area contributed by atoms with Gasteiger partial charge < -0.3 is 20.5 Å². The summed E-state index contributed by atoms with van der Waals surface area (Å²) in [5.41, 5.74) is 7.17. The first-order valence-corrected chi connectivity index (χ1v) is 13.0. The zero-order valence-corrected chi connectivity index (χ0v) is 22.8. The monoisotopic (exact) mass is 552 g/mol. The van der Waals surface area contributed by atoms with Crippen LogP contribution in [0.5, 0.6) is 5.75 Å². The van der Waals surface area contributed by atoms with E-state index in [0.717, 1.165) is 39.2 Å². The van der Waals surface area contributed by atoms with Crippen LogP contribution in [0.2, 0.25) is 0 Å². The largest absolute Gasteiger partial charge is 0.493 e. The molecule has 4 rings (SSSR count). The predicted molar refractivity (Wildman–Crippen MR) is 145 cm³/mol. The maximum Gasteiger partial charge on any atom is 0.404 e. The Balaban J connectivity index is 1.49. The van der Waals surface area contributed by atoms with E-state index in [4.69, 9.17) is 15.2 Å². The fourth-order valence-electron chi connectivity index (χ4n) is 4.57. The maximum atomic E-state index is 13.5. The molecule has 6 nitrogen and oxygen atoms in total. The Kier molecular flexibility index (Phi) is 7.32. The van der Waals surface area contributed by atoms with Crippen molar-refractivity contribution >= 4 is 38.7 Å². The summed E-state index contributed by atoms with van der Waals surface area (Å²) in [6.45, 7) is 8.20. The molecule has 190 valence electrons. The average Bonchev–Trinajstić information content (AvgIpc) is 3.58. The molecule has 1 saturated carbocycles. The molecule has 3 N–H and O–H groups in total. The number of aryl methyl sites for hydroxylation is 1. The van der Waals surface area contributed by atoms with Crippen molar-refractivity contribution in [1.82, 2.24) is 5.32 Å². The van der Waals surface area contributed by atoms with Crippen molar-refractivity contribution in [1.29, 1.82) is 0 Å². The Morgan fingerprint density at radius 3 is 2.50 bits per heavy atom. The number of amides is 2. The maximum absolute atomic E-state index is 13.5. The first-order valence-electron chi connectivity index (χ1n) is 12.2. The number of carbonyl (C=O) groups excluding carboxylic acids is 2. The Hall–Kier alpha value is -3.06. The molecule has 3 aromatic rings. The molecule has 7 heteroatoms. The Labute approximate surface area is 220 Å². The van der Waals surface area contributed by atoms with Crippen LogP contribution in [0.3, 0.4) is 0 Å². The lowest BCUT2D eigenvalue weighted by atomic mass is 9.87. The van der Waals surface area contributed by atoms with Gasteiger partial charge in [0.05, 0.1) is 12.1 Å². The number of nitrogens with two attached hydrogens (primary N) is 1. The quantitative estimate of drug-likeness (QED) is 0.329. The number of halogens is 1. The van der Waals surface area contributed by atoms with Crippen molar-refractivity contribution in [2.45, 2.75) is 58.6 Å². The van der Waals surface area contributed by atoms with Crippen LogP contribution >= 0.6 is 15.9 Å². The van der Waals surface area contributed by atoms with Crippen LogP contribution in [0.4, 0.5) is 4.79 Å². The summed E-state index contributed by atoms with van der Waals surface area (Å²) < 4.78 is 12.2. The van der Waals surface area contributed by atoms with Crippen molar-refractivity contribution in [2.24, 2.45) is 11.1 Å². The van der Waals surface area contributed by atoms with E-state index in [2.05, 4.69) is 45.5 Å². The molecule has 0 radical (unpaired) electrons. The highest BCUT2D eigenvalue weighted by molar-refractivity contribution is 9.10. The molecule has 1 aliphatic rings. The zero-order chi connectivity index (χ0) is 26.1. The molecule has 36 heavy (non-hydrogen) atoms. The summed E-state index contributed by atoms with van der Waals surface area (Å²) in [6, 6.07) is 18.0. The van der Waals surface area contributed by atoms with Crippen molar-refractivity contribution < 1.29 is 19.1 Å². The van der Waals surface area contributed by atoms with Crippen LogP contribution in [0.25, 0.3) is 10.8 Å². The van der Waals surface area contributed by atoms with Gasteiger partial charge in [0.1, 0.15) is 11.9 Å². The highest BCUT2D eigenvalue weighted by Crippen LogP contribution is 2.49. The Morgan fingerprint density at radius 2 is 1.83 bits per heavy atom. The smallest absolute Gasteiger partial charge is 0.404 e. The third-order valence-electron chi connectivity index (χ3n) is 6.77. The molecular formula is C29H33BrN2O4. The number of fused-ring (bicyclic) bond motifs is 1. The van der Waals surface area contributed by atoms with Gasteiger partial charge in [-0.3, -0.25) is 4.79 Å². The average molecular weight is 553 g/mol. The molecular weight excluding hydrogens is 520 g/mol. The molecule has 1 unspecified atom stereocenters. The topological polar surface area (TPSA) is 90.7 Å². The van der Waals surface area contributed by atoms with Crippen LogP contribution in [-0.2, 0) is 10.3 Å². The zero-order valence-electron chi connectivity index (χ0n) is 21.2. The lowest BCUT2D eigenvalue weighted by molar-refractivity contribution is 0.0229. The number of hydrogen-bond acceptors (Lipinski definition) is 4. The van der Waals surface area contributed by atoms with Crippen LogP contribution in [0.15, 0.2) is 59.1 Å². The third kappa shape index (κ3) is 5.84. The lowest BCUT2D eigenvalue weighted by Gasteiger charge is -2.29. The van der Waals surface area contributed by atoms with Gasteiger partial charge in [-0.15, -0.1) is 0 Å². The molecule has 1 aliphatic carbocycles. The number of nitrogens with one attached hydrogen (secondary N) is 1. The molecule has 0 aliphatic heterocycles. The number of primary amides is 1. The van der Waals surface area contributed by atoms with E-state index in [1.165, 1.54) is 0 Å². The SMILES string of the molecule is Cc1ccc(OCCC(OC(N)=O)C(C)(C)C)cc1C(=O)NC1(c2cc(Br)cc3ccccc23)CC1. The van der Waals surface area contributed by atoms with E-state index in [1.807, 2.05) is 52.0 Å².